The summed E-state index contributed by atoms with van der Waals surface area (Å²) in [6, 6.07) is 17.3. The molecule has 0 atom stereocenters. The van der Waals surface area contributed by atoms with E-state index in [0.29, 0.717) is 22.5 Å². The van der Waals surface area contributed by atoms with Crippen LogP contribution >= 0.6 is 0 Å². The van der Waals surface area contributed by atoms with Crippen molar-refractivity contribution in [2.24, 2.45) is 0 Å². The van der Waals surface area contributed by atoms with Crippen molar-refractivity contribution in [2.75, 3.05) is 0 Å². The van der Waals surface area contributed by atoms with E-state index in [2.05, 4.69) is 10.1 Å². The molecule has 0 radical (unpaired) electrons. The smallest absolute Gasteiger partial charge is 0.269 e. The van der Waals surface area contributed by atoms with Crippen LogP contribution in [0.1, 0.15) is 16.1 Å². The number of aldehydes is 1. The van der Waals surface area contributed by atoms with Gasteiger partial charge in [-0.05, 0) is 37.3 Å². The average Bonchev–Trinajstić information content (AvgIpc) is 3.03. The zero-order valence-electron chi connectivity index (χ0n) is 14.4. The van der Waals surface area contributed by atoms with Crippen molar-refractivity contribution in [1.82, 2.24) is 14.8 Å². The molecule has 132 valence electrons. The van der Waals surface area contributed by atoms with Gasteiger partial charge in [-0.25, -0.2) is 9.67 Å². The molecule has 2 heterocycles. The third-order valence-corrected chi connectivity index (χ3v) is 4.35. The van der Waals surface area contributed by atoms with E-state index in [4.69, 9.17) is 0 Å². The molecule has 7 nitrogen and oxygen atoms in total. The summed E-state index contributed by atoms with van der Waals surface area (Å²) in [5, 5.41) is 16.2. The van der Waals surface area contributed by atoms with Crippen LogP contribution in [0.2, 0.25) is 0 Å². The number of aryl methyl sites for hydroxylation is 1. The van der Waals surface area contributed by atoms with Gasteiger partial charge in [-0.3, -0.25) is 14.9 Å². The molecule has 0 saturated carbocycles. The number of pyridine rings is 1. The van der Waals surface area contributed by atoms with Crippen LogP contribution in [0.5, 0.6) is 0 Å². The van der Waals surface area contributed by atoms with Crippen molar-refractivity contribution in [3.63, 3.8) is 0 Å². The number of carbonyl (C=O) groups excluding carboxylic acids is 1. The number of nitrogens with zero attached hydrogens (tertiary/aromatic N) is 4. The van der Waals surface area contributed by atoms with Crippen LogP contribution in [0.15, 0.2) is 60.7 Å². The minimum Gasteiger partial charge on any atom is -0.298 e. The second-order valence-corrected chi connectivity index (χ2v) is 6.05. The lowest BCUT2D eigenvalue weighted by Crippen LogP contribution is -2.00. The number of nitro benzene ring substituents is 1. The van der Waals surface area contributed by atoms with E-state index in [-0.39, 0.29) is 5.69 Å². The van der Waals surface area contributed by atoms with Gasteiger partial charge >= 0.3 is 0 Å². The molecule has 2 aromatic heterocycles. The molecule has 0 N–H and O–H groups in total. The molecule has 4 rings (SSSR count). The van der Waals surface area contributed by atoms with E-state index in [0.717, 1.165) is 23.1 Å². The molecular weight excluding hydrogens is 344 g/mol. The minimum absolute atomic E-state index is 0.0161. The first-order chi connectivity index (χ1) is 13.1. The maximum atomic E-state index is 11.6. The molecule has 0 bridgehead atoms. The lowest BCUT2D eigenvalue weighted by molar-refractivity contribution is -0.384. The number of benzene rings is 2. The predicted octanol–water partition coefficient (Wildman–Crippen LogP) is 4.12. The highest BCUT2D eigenvalue weighted by Crippen LogP contribution is 2.29. The number of non-ortho nitro benzene ring substituents is 1. The number of fused-ring (bicyclic) bond motifs is 1. The van der Waals surface area contributed by atoms with Crippen molar-refractivity contribution in [1.29, 1.82) is 0 Å². The van der Waals surface area contributed by atoms with Crippen LogP contribution in [-0.2, 0) is 0 Å². The molecule has 0 unspecified atom stereocenters. The normalized spacial score (nSPS) is 10.9. The number of rotatable bonds is 4. The van der Waals surface area contributed by atoms with E-state index in [9.17, 15) is 14.9 Å². The van der Waals surface area contributed by atoms with Gasteiger partial charge in [-0.2, -0.15) is 5.10 Å². The van der Waals surface area contributed by atoms with Gasteiger partial charge in [0.15, 0.2) is 11.9 Å². The summed E-state index contributed by atoms with van der Waals surface area (Å²) >= 11 is 0. The van der Waals surface area contributed by atoms with Crippen LogP contribution in [0.25, 0.3) is 28.0 Å². The quantitative estimate of drug-likeness (QED) is 0.311. The van der Waals surface area contributed by atoms with E-state index in [1.165, 1.54) is 12.1 Å². The largest absolute Gasteiger partial charge is 0.298 e. The topological polar surface area (TPSA) is 90.9 Å². The summed E-state index contributed by atoms with van der Waals surface area (Å²) in [5.74, 6) is 0. The van der Waals surface area contributed by atoms with Crippen molar-refractivity contribution in [2.45, 2.75) is 6.92 Å². The Morgan fingerprint density at radius 2 is 1.78 bits per heavy atom. The summed E-state index contributed by atoms with van der Waals surface area (Å²) in [6.45, 7) is 1.86. The summed E-state index contributed by atoms with van der Waals surface area (Å²) in [7, 11) is 0. The fourth-order valence-corrected chi connectivity index (χ4v) is 3.01. The Morgan fingerprint density at radius 1 is 1.07 bits per heavy atom. The maximum absolute atomic E-state index is 11.6. The van der Waals surface area contributed by atoms with E-state index in [1.54, 1.807) is 22.9 Å². The van der Waals surface area contributed by atoms with Gasteiger partial charge in [0.25, 0.3) is 5.69 Å². The van der Waals surface area contributed by atoms with Crippen molar-refractivity contribution in [3.05, 3.63) is 82.0 Å². The Kier molecular flexibility index (Phi) is 3.97. The van der Waals surface area contributed by atoms with Gasteiger partial charge in [0.05, 0.1) is 22.0 Å². The number of nitro groups is 1. The zero-order valence-corrected chi connectivity index (χ0v) is 14.4. The number of aromatic nitrogens is 3. The van der Waals surface area contributed by atoms with Crippen LogP contribution in [0, 0.1) is 17.0 Å². The summed E-state index contributed by atoms with van der Waals surface area (Å²) < 4.78 is 1.73. The maximum Gasteiger partial charge on any atom is 0.269 e. The molecule has 4 aromatic rings. The molecule has 0 spiro atoms. The molecular formula is C20H14N4O3. The van der Waals surface area contributed by atoms with E-state index in [1.807, 2.05) is 37.3 Å². The Morgan fingerprint density at radius 3 is 2.41 bits per heavy atom. The molecule has 0 aliphatic rings. The lowest BCUT2D eigenvalue weighted by atomic mass is 10.0. The Labute approximate surface area is 154 Å². The van der Waals surface area contributed by atoms with E-state index >= 15 is 0 Å². The van der Waals surface area contributed by atoms with Crippen molar-refractivity contribution in [3.8, 4) is 16.9 Å². The molecule has 2 aromatic carbocycles. The van der Waals surface area contributed by atoms with Gasteiger partial charge in [0.2, 0.25) is 0 Å². The number of carbonyl (C=O) groups is 1. The number of hydrogen-bond donors (Lipinski definition) is 0. The molecule has 0 aliphatic heterocycles. The SMILES string of the molecule is Cc1nn(-c2ccccc2)c2nc(-c3ccc([N+](=O)[O-])cc3)c(C=O)cc12. The van der Waals surface area contributed by atoms with E-state index < -0.39 is 4.92 Å². The van der Waals surface area contributed by atoms with Gasteiger partial charge in [0, 0.05) is 28.6 Å². The molecule has 27 heavy (non-hydrogen) atoms. The fraction of sp³-hybridized carbons (Fsp3) is 0.0500. The Hall–Kier alpha value is -3.87. The summed E-state index contributed by atoms with van der Waals surface area (Å²) in [4.78, 5) is 26.7. The molecule has 0 aliphatic carbocycles. The first kappa shape index (κ1) is 16.6. The highest BCUT2D eigenvalue weighted by atomic mass is 16.6. The Balaban J connectivity index is 1.95. The number of para-hydroxylation sites is 1. The minimum atomic E-state index is -0.463. The van der Waals surface area contributed by atoms with Crippen molar-refractivity contribution < 1.29 is 9.72 Å². The summed E-state index contributed by atoms with van der Waals surface area (Å²) in [5.41, 5.74) is 3.73. The number of hydrogen-bond acceptors (Lipinski definition) is 5. The predicted molar refractivity (Wildman–Crippen MR) is 101 cm³/mol. The van der Waals surface area contributed by atoms with Crippen LogP contribution in [0.4, 0.5) is 5.69 Å². The average molecular weight is 358 g/mol. The second-order valence-electron chi connectivity index (χ2n) is 6.05. The lowest BCUT2D eigenvalue weighted by Gasteiger charge is -2.07. The first-order valence-corrected chi connectivity index (χ1v) is 8.24. The van der Waals surface area contributed by atoms with Crippen molar-refractivity contribution >= 4 is 23.0 Å². The van der Waals surface area contributed by atoms with Gasteiger partial charge in [-0.1, -0.05) is 18.2 Å². The third-order valence-electron chi connectivity index (χ3n) is 4.35. The van der Waals surface area contributed by atoms with Crippen LogP contribution in [0.3, 0.4) is 0 Å². The standard InChI is InChI=1S/C20H14N4O3/c1-13-18-11-15(12-25)19(14-7-9-17(10-8-14)24(26)27)21-20(18)23(22-13)16-5-3-2-4-6-16/h2-12H,1H3. The monoisotopic (exact) mass is 358 g/mol. The summed E-state index contributed by atoms with van der Waals surface area (Å²) in [6.07, 6.45) is 0.739. The third kappa shape index (κ3) is 2.85. The molecule has 0 fully saturated rings. The highest BCUT2D eigenvalue weighted by Gasteiger charge is 2.16. The molecule has 7 heteroatoms. The molecule has 0 amide bonds. The van der Waals surface area contributed by atoms with Crippen LogP contribution < -0.4 is 0 Å². The van der Waals surface area contributed by atoms with Gasteiger partial charge < -0.3 is 0 Å². The van der Waals surface area contributed by atoms with Gasteiger partial charge in [0.1, 0.15) is 0 Å². The molecule has 0 saturated heterocycles. The zero-order chi connectivity index (χ0) is 19.0. The van der Waals surface area contributed by atoms with Crippen LogP contribution in [-0.4, -0.2) is 26.0 Å². The second kappa shape index (κ2) is 6.45. The Bertz CT molecular complexity index is 1170. The fourth-order valence-electron chi connectivity index (χ4n) is 3.01. The van der Waals surface area contributed by atoms with Gasteiger partial charge in [-0.15, -0.1) is 0 Å². The highest BCUT2D eigenvalue weighted by molar-refractivity contribution is 5.93. The first-order valence-electron chi connectivity index (χ1n) is 8.24.